The number of piperazine rings is 1. The van der Waals surface area contributed by atoms with Crippen molar-refractivity contribution < 1.29 is 34.1 Å². The van der Waals surface area contributed by atoms with Crippen LogP contribution in [0, 0.1) is 5.92 Å². The van der Waals surface area contributed by atoms with Gasteiger partial charge in [-0.25, -0.2) is 4.98 Å². The van der Waals surface area contributed by atoms with E-state index < -0.39 is 5.97 Å². The highest BCUT2D eigenvalue weighted by Crippen LogP contribution is 2.32. The summed E-state index contributed by atoms with van der Waals surface area (Å²) < 4.78 is 6.02. The zero-order chi connectivity index (χ0) is 46.5. The zero-order valence-electron chi connectivity index (χ0n) is 39.2. The molecule has 4 N–H and O–H groups in total. The molecule has 3 unspecified atom stereocenters. The number of carboxylic acid groups (broad SMARTS) is 1. The van der Waals surface area contributed by atoms with Crippen molar-refractivity contribution in [1.29, 1.82) is 0 Å². The van der Waals surface area contributed by atoms with Crippen LogP contribution in [0.3, 0.4) is 0 Å². The molecule has 0 bridgehead atoms. The van der Waals surface area contributed by atoms with Crippen molar-refractivity contribution in [3.8, 4) is 0 Å². The molecule has 8 rings (SSSR count). The van der Waals surface area contributed by atoms with E-state index in [0.717, 1.165) is 114 Å². The number of aryl methyl sites for hydroxylation is 2. The van der Waals surface area contributed by atoms with Crippen molar-refractivity contribution in [1.82, 2.24) is 30.0 Å². The summed E-state index contributed by atoms with van der Waals surface area (Å²) >= 11 is 0. The summed E-state index contributed by atoms with van der Waals surface area (Å²) in [4.78, 5) is 63.0. The number of carboxylic acids is 1. The maximum atomic E-state index is 12.9. The zero-order valence-corrected chi connectivity index (χ0v) is 39.2. The number of aliphatic hydroxyl groups excluding tert-OH is 1. The Morgan fingerprint density at radius 3 is 2.53 bits per heavy atom. The van der Waals surface area contributed by atoms with Gasteiger partial charge in [-0.3, -0.25) is 24.2 Å². The summed E-state index contributed by atoms with van der Waals surface area (Å²) in [5.74, 6) is 1.33. The number of carbonyl (C=O) groups is 4. The molecular weight excluding hydrogens is 837 g/mol. The van der Waals surface area contributed by atoms with E-state index in [1.165, 1.54) is 49.8 Å². The normalized spacial score (nSPS) is 20.3. The van der Waals surface area contributed by atoms with Gasteiger partial charge in [0.15, 0.2) is 0 Å². The number of benzene rings is 1. The number of rotatable bonds is 18. The lowest BCUT2D eigenvalue weighted by Crippen LogP contribution is -2.48. The fraction of sp³-hybridized carbons (Fsp3) is 0.608. The molecule has 1 aromatic carbocycles. The smallest absolute Gasteiger partial charge is 0.304 e. The Labute approximate surface area is 391 Å². The van der Waals surface area contributed by atoms with Crippen molar-refractivity contribution in [2.75, 3.05) is 89.4 Å². The van der Waals surface area contributed by atoms with Gasteiger partial charge in [0.05, 0.1) is 25.2 Å². The second-order valence-electron chi connectivity index (χ2n) is 18.4. The van der Waals surface area contributed by atoms with Crippen molar-refractivity contribution >= 4 is 35.7 Å². The third-order valence-corrected chi connectivity index (χ3v) is 13.7. The first-order chi connectivity index (χ1) is 32.2. The molecule has 0 spiro atoms. The number of aliphatic carboxylic acids is 1. The minimum Gasteiger partial charge on any atom is -0.481 e. The molecule has 15 heteroatoms. The highest BCUT2D eigenvalue weighted by Gasteiger charge is 2.30. The lowest BCUT2D eigenvalue weighted by molar-refractivity contribution is -0.137. The lowest BCUT2D eigenvalue weighted by atomic mass is 9.94. The second-order valence-corrected chi connectivity index (χ2v) is 18.4. The van der Waals surface area contributed by atoms with Gasteiger partial charge in [-0.2, -0.15) is 0 Å². The Hall–Kier alpha value is -5.12. The fourth-order valence-corrected chi connectivity index (χ4v) is 9.93. The van der Waals surface area contributed by atoms with E-state index in [2.05, 4.69) is 61.8 Å². The molecule has 4 fully saturated rings. The number of hydrogen-bond donors (Lipinski definition) is 4. The van der Waals surface area contributed by atoms with E-state index in [0.29, 0.717) is 44.4 Å². The van der Waals surface area contributed by atoms with Crippen molar-refractivity contribution in [2.24, 2.45) is 5.92 Å². The van der Waals surface area contributed by atoms with E-state index in [1.54, 1.807) is 11.1 Å². The van der Waals surface area contributed by atoms with E-state index >= 15 is 0 Å². The number of aromatic nitrogens is 2. The molecule has 3 saturated heterocycles. The molecule has 0 radical (unpaired) electrons. The number of nitrogens with zero attached hydrogens (tertiary/aromatic N) is 6. The number of ether oxygens (including phenoxy) is 1. The average Bonchev–Trinajstić information content (AvgIpc) is 3.96. The van der Waals surface area contributed by atoms with Gasteiger partial charge in [-0.05, 0) is 111 Å². The first kappa shape index (κ1) is 50.3. The third-order valence-electron chi connectivity index (χ3n) is 13.7. The van der Waals surface area contributed by atoms with E-state index in [1.807, 2.05) is 30.3 Å². The van der Waals surface area contributed by atoms with Gasteiger partial charge >= 0.3 is 5.97 Å². The molecule has 3 aromatic rings. The van der Waals surface area contributed by atoms with Crippen molar-refractivity contribution in [3.05, 3.63) is 83.3 Å². The molecule has 4 aliphatic heterocycles. The molecule has 5 aliphatic rings. The number of nitrogens with one attached hydrogen (secondary N) is 2. The van der Waals surface area contributed by atoms with Gasteiger partial charge in [-0.15, -0.1) is 0 Å². The van der Waals surface area contributed by atoms with Crippen molar-refractivity contribution in [3.63, 3.8) is 0 Å². The van der Waals surface area contributed by atoms with Crippen LogP contribution in [0.15, 0.2) is 60.9 Å². The summed E-state index contributed by atoms with van der Waals surface area (Å²) in [5, 5.41) is 23.5. The second kappa shape index (κ2) is 26.9. The SMILES string of the molecule is CN1C(=O)CCC1c1cccnc1.O=C(O)CC(CN1CCC(CCc2ccc3c(n2)NCCC3)C1)c1cccc(N2CCN(C(=O)CCCOC3CCCCC3)CC2)c1.O=CNCCO. The quantitative estimate of drug-likeness (QED) is 0.0888. The monoisotopic (exact) mass is 911 g/mol. The van der Waals surface area contributed by atoms with Crippen LogP contribution in [-0.4, -0.2) is 144 Å². The molecule has 2 aromatic heterocycles. The van der Waals surface area contributed by atoms with E-state index in [4.69, 9.17) is 14.8 Å². The topological polar surface area (TPSA) is 181 Å². The van der Waals surface area contributed by atoms with Crippen molar-refractivity contribution in [2.45, 2.75) is 114 Å². The first-order valence-corrected chi connectivity index (χ1v) is 24.5. The molecule has 66 heavy (non-hydrogen) atoms. The fourth-order valence-electron chi connectivity index (χ4n) is 9.93. The summed E-state index contributed by atoms with van der Waals surface area (Å²) in [7, 11) is 1.85. The Balaban J connectivity index is 0.000000313. The Morgan fingerprint density at radius 2 is 1.82 bits per heavy atom. The summed E-state index contributed by atoms with van der Waals surface area (Å²) in [5.41, 5.74) is 5.85. The maximum Gasteiger partial charge on any atom is 0.304 e. The highest BCUT2D eigenvalue weighted by atomic mass is 16.5. The predicted octanol–water partition coefficient (Wildman–Crippen LogP) is 5.83. The minimum absolute atomic E-state index is 0.0126. The van der Waals surface area contributed by atoms with Crippen LogP contribution in [0.5, 0.6) is 0 Å². The van der Waals surface area contributed by atoms with Crippen LogP contribution < -0.4 is 15.5 Å². The summed E-state index contributed by atoms with van der Waals surface area (Å²) in [6.07, 6.45) is 19.3. The largest absolute Gasteiger partial charge is 0.481 e. The highest BCUT2D eigenvalue weighted by molar-refractivity contribution is 5.78. The lowest BCUT2D eigenvalue weighted by Gasteiger charge is -2.36. The molecule has 1 aliphatic carbocycles. The number of carbonyl (C=O) groups excluding carboxylic acids is 3. The number of fused-ring (bicyclic) bond motifs is 1. The van der Waals surface area contributed by atoms with Gasteiger partial charge in [-0.1, -0.05) is 43.5 Å². The van der Waals surface area contributed by atoms with E-state index in [9.17, 15) is 24.3 Å². The van der Waals surface area contributed by atoms with Crippen LogP contribution in [0.1, 0.15) is 118 Å². The maximum absolute atomic E-state index is 12.9. The Morgan fingerprint density at radius 1 is 0.985 bits per heavy atom. The van der Waals surface area contributed by atoms with Crippen LogP contribution >= 0.6 is 0 Å². The van der Waals surface area contributed by atoms with Gasteiger partial charge in [0, 0.05) is 109 Å². The predicted molar refractivity (Wildman–Crippen MR) is 256 cm³/mol. The average molecular weight is 911 g/mol. The van der Waals surface area contributed by atoms with Crippen LogP contribution in [0.2, 0.25) is 0 Å². The van der Waals surface area contributed by atoms with Crippen LogP contribution in [-0.2, 0) is 36.8 Å². The third kappa shape index (κ3) is 15.8. The number of likely N-dealkylation sites (tertiary alicyclic amines) is 2. The number of hydrogen-bond acceptors (Lipinski definition) is 11. The van der Waals surface area contributed by atoms with Crippen LogP contribution in [0.4, 0.5) is 11.5 Å². The number of aliphatic hydroxyl groups is 1. The van der Waals surface area contributed by atoms with Gasteiger partial charge in [0.1, 0.15) is 5.82 Å². The minimum atomic E-state index is -0.750. The molecule has 6 heterocycles. The summed E-state index contributed by atoms with van der Waals surface area (Å²) in [6, 6.07) is 17.1. The van der Waals surface area contributed by atoms with Gasteiger partial charge in [0.25, 0.3) is 0 Å². The van der Waals surface area contributed by atoms with Crippen LogP contribution in [0.25, 0.3) is 0 Å². The Kier molecular flexibility index (Phi) is 20.5. The number of amides is 3. The molecule has 15 nitrogen and oxygen atoms in total. The van der Waals surface area contributed by atoms with E-state index in [-0.39, 0.29) is 36.8 Å². The van der Waals surface area contributed by atoms with Gasteiger partial charge < -0.3 is 45.2 Å². The molecular formula is C51H74N8O7. The molecule has 3 amide bonds. The summed E-state index contributed by atoms with van der Waals surface area (Å²) in [6.45, 7) is 7.88. The molecule has 360 valence electrons. The molecule has 3 atom stereocenters. The van der Waals surface area contributed by atoms with Gasteiger partial charge in [0.2, 0.25) is 18.2 Å². The number of anilines is 2. The molecule has 1 saturated carbocycles. The standard InChI is InChI=1S/C38H55N5O4.C10H12N2O.C3H7NO2/c44-36(12-6-24-47-35-10-2-1-3-11-35)43-22-20-42(21-23-43)34-9-4-7-31(25-34)32(26-37(45)46)28-41-19-17-29(27-41)13-15-33-16-14-30-8-5-18-39-38(30)40-33;1-12-9(4-5-10(12)13)8-3-2-6-11-7-8;5-2-1-4-3-6/h4,7,9,14,16,25,29,32,35H,1-3,5-6,8,10-13,15,17-24,26-28H2,(H,39,40)(H,45,46);2-3,6-7,9H,4-5H2,1H3;3,5H,1-2H2,(H,4,6). The Bertz CT molecular complexity index is 1960. The first-order valence-electron chi connectivity index (χ1n) is 24.5. The number of pyridine rings is 2.